The Labute approximate surface area is 147 Å². The predicted octanol–water partition coefficient (Wildman–Crippen LogP) is 3.40. The summed E-state index contributed by atoms with van der Waals surface area (Å²) in [7, 11) is 1.56. The SMILES string of the molecule is Cc1ccc(CNC(=O)N(C)CCC(=O)O)c(Oc2ccccc2)c1. The van der Waals surface area contributed by atoms with Crippen molar-refractivity contribution in [2.75, 3.05) is 13.6 Å². The lowest BCUT2D eigenvalue weighted by atomic mass is 10.1. The van der Waals surface area contributed by atoms with Gasteiger partial charge >= 0.3 is 12.0 Å². The van der Waals surface area contributed by atoms with Gasteiger partial charge in [0.05, 0.1) is 6.42 Å². The Morgan fingerprint density at radius 2 is 1.88 bits per heavy atom. The summed E-state index contributed by atoms with van der Waals surface area (Å²) in [6.07, 6.45) is -0.0865. The number of amides is 2. The Hall–Kier alpha value is -3.02. The minimum atomic E-state index is -0.934. The molecule has 0 radical (unpaired) electrons. The van der Waals surface area contributed by atoms with Crippen LogP contribution < -0.4 is 10.1 Å². The largest absolute Gasteiger partial charge is 0.481 e. The molecular weight excluding hydrogens is 320 g/mol. The Morgan fingerprint density at radius 3 is 2.56 bits per heavy atom. The number of hydrogen-bond donors (Lipinski definition) is 2. The molecule has 0 saturated carbocycles. The summed E-state index contributed by atoms with van der Waals surface area (Å²) in [5.41, 5.74) is 1.90. The Bertz CT molecular complexity index is 731. The Morgan fingerprint density at radius 1 is 1.16 bits per heavy atom. The minimum absolute atomic E-state index is 0.0865. The highest BCUT2D eigenvalue weighted by Crippen LogP contribution is 2.26. The highest BCUT2D eigenvalue weighted by atomic mass is 16.5. The molecule has 6 nitrogen and oxygen atoms in total. The smallest absolute Gasteiger partial charge is 0.317 e. The standard InChI is InChI=1S/C19H22N2O4/c1-14-8-9-15(13-20-19(24)21(2)11-10-18(22)23)17(12-14)25-16-6-4-3-5-7-16/h3-9,12H,10-11,13H2,1-2H3,(H,20,24)(H,22,23). The lowest BCUT2D eigenvalue weighted by Crippen LogP contribution is -2.38. The molecule has 0 aliphatic carbocycles. The number of aliphatic carboxylic acids is 1. The first-order chi connectivity index (χ1) is 12.0. The first-order valence-corrected chi connectivity index (χ1v) is 7.99. The fourth-order valence-electron chi connectivity index (χ4n) is 2.19. The number of carbonyl (C=O) groups is 2. The van der Waals surface area contributed by atoms with Crippen LogP contribution in [0.3, 0.4) is 0 Å². The van der Waals surface area contributed by atoms with Gasteiger partial charge in [-0.3, -0.25) is 4.79 Å². The van der Waals surface area contributed by atoms with E-state index in [0.29, 0.717) is 12.3 Å². The Kier molecular flexibility index (Phi) is 6.39. The van der Waals surface area contributed by atoms with Crippen LogP contribution in [0.25, 0.3) is 0 Å². The third-order valence-corrected chi connectivity index (χ3v) is 3.63. The van der Waals surface area contributed by atoms with Crippen molar-refractivity contribution in [1.29, 1.82) is 0 Å². The maximum absolute atomic E-state index is 12.0. The molecule has 0 spiro atoms. The summed E-state index contributed by atoms with van der Waals surface area (Å²) in [5.74, 6) is 0.468. The number of carbonyl (C=O) groups excluding carboxylic acids is 1. The molecule has 0 unspecified atom stereocenters. The van der Waals surface area contributed by atoms with Crippen molar-refractivity contribution < 1.29 is 19.4 Å². The van der Waals surface area contributed by atoms with E-state index >= 15 is 0 Å². The van der Waals surface area contributed by atoms with Crippen molar-refractivity contribution in [3.8, 4) is 11.5 Å². The van der Waals surface area contributed by atoms with Crippen LogP contribution in [0.1, 0.15) is 17.5 Å². The molecule has 0 atom stereocenters. The molecule has 0 bridgehead atoms. The van der Waals surface area contributed by atoms with Crippen molar-refractivity contribution in [1.82, 2.24) is 10.2 Å². The Balaban J connectivity index is 2.01. The number of benzene rings is 2. The fraction of sp³-hybridized carbons (Fsp3) is 0.263. The van der Waals surface area contributed by atoms with Crippen molar-refractivity contribution in [2.45, 2.75) is 19.9 Å². The molecule has 0 aliphatic heterocycles. The van der Waals surface area contributed by atoms with Gasteiger partial charge in [0.2, 0.25) is 0 Å². The van der Waals surface area contributed by atoms with Gasteiger partial charge in [-0.15, -0.1) is 0 Å². The van der Waals surface area contributed by atoms with E-state index in [1.54, 1.807) is 7.05 Å². The lowest BCUT2D eigenvalue weighted by Gasteiger charge is -2.18. The summed E-state index contributed by atoms with van der Waals surface area (Å²) in [6, 6.07) is 14.9. The molecule has 0 fully saturated rings. The highest BCUT2D eigenvalue weighted by molar-refractivity contribution is 5.75. The monoisotopic (exact) mass is 342 g/mol. The van der Waals surface area contributed by atoms with Gasteiger partial charge in [0.15, 0.2) is 0 Å². The first kappa shape index (κ1) is 18.3. The second-order valence-corrected chi connectivity index (χ2v) is 5.75. The van der Waals surface area contributed by atoms with Crippen molar-refractivity contribution >= 4 is 12.0 Å². The number of carboxylic acids is 1. The topological polar surface area (TPSA) is 78.9 Å². The van der Waals surface area contributed by atoms with Crippen LogP contribution in [0, 0.1) is 6.92 Å². The zero-order chi connectivity index (χ0) is 18.2. The average molecular weight is 342 g/mol. The molecule has 25 heavy (non-hydrogen) atoms. The van der Waals surface area contributed by atoms with E-state index in [1.807, 2.05) is 55.5 Å². The molecule has 2 aromatic rings. The van der Waals surface area contributed by atoms with Crippen LogP contribution in [0.2, 0.25) is 0 Å². The van der Waals surface area contributed by atoms with Crippen molar-refractivity contribution in [2.24, 2.45) is 0 Å². The third kappa shape index (κ3) is 5.84. The summed E-state index contributed by atoms with van der Waals surface area (Å²) < 4.78 is 5.92. The van der Waals surface area contributed by atoms with Crippen LogP contribution in [-0.2, 0) is 11.3 Å². The molecular formula is C19H22N2O4. The molecule has 132 valence electrons. The summed E-state index contributed by atoms with van der Waals surface area (Å²) in [5, 5.41) is 11.5. The molecule has 6 heteroatoms. The minimum Gasteiger partial charge on any atom is -0.481 e. The third-order valence-electron chi connectivity index (χ3n) is 3.63. The zero-order valence-electron chi connectivity index (χ0n) is 14.4. The van der Waals surface area contributed by atoms with E-state index in [0.717, 1.165) is 16.9 Å². The molecule has 0 heterocycles. The van der Waals surface area contributed by atoms with Crippen LogP contribution >= 0.6 is 0 Å². The number of hydrogen-bond acceptors (Lipinski definition) is 3. The molecule has 0 aromatic heterocycles. The average Bonchev–Trinajstić information content (AvgIpc) is 2.59. The number of rotatable bonds is 7. The van der Waals surface area contributed by atoms with E-state index in [1.165, 1.54) is 4.90 Å². The van der Waals surface area contributed by atoms with Gasteiger partial charge in [-0.05, 0) is 30.7 Å². The maximum Gasteiger partial charge on any atom is 0.317 e. The van der Waals surface area contributed by atoms with Gasteiger partial charge in [0.1, 0.15) is 11.5 Å². The van der Waals surface area contributed by atoms with Crippen LogP contribution in [0.15, 0.2) is 48.5 Å². The predicted molar refractivity (Wildman–Crippen MR) is 94.8 cm³/mol. The van der Waals surface area contributed by atoms with E-state index in [2.05, 4.69) is 5.32 Å². The number of aryl methyl sites for hydroxylation is 1. The van der Waals surface area contributed by atoms with Crippen LogP contribution in [-0.4, -0.2) is 35.6 Å². The normalized spacial score (nSPS) is 10.2. The molecule has 2 rings (SSSR count). The number of para-hydroxylation sites is 1. The molecule has 2 amide bonds. The second kappa shape index (κ2) is 8.73. The molecule has 0 aliphatic rings. The highest BCUT2D eigenvalue weighted by Gasteiger charge is 2.12. The van der Waals surface area contributed by atoms with Crippen molar-refractivity contribution in [3.63, 3.8) is 0 Å². The molecule has 2 N–H and O–H groups in total. The number of nitrogens with zero attached hydrogens (tertiary/aromatic N) is 1. The van der Waals surface area contributed by atoms with Gasteiger partial charge in [-0.25, -0.2) is 4.79 Å². The quantitative estimate of drug-likeness (QED) is 0.808. The van der Waals surface area contributed by atoms with E-state index < -0.39 is 5.97 Å². The summed E-state index contributed by atoms with van der Waals surface area (Å²) in [4.78, 5) is 24.0. The summed E-state index contributed by atoms with van der Waals surface area (Å²) in [6.45, 7) is 2.42. The molecule has 2 aromatic carbocycles. The first-order valence-electron chi connectivity index (χ1n) is 7.99. The van der Waals surface area contributed by atoms with Gasteiger partial charge < -0.3 is 20.1 Å². The van der Waals surface area contributed by atoms with E-state index in [4.69, 9.17) is 9.84 Å². The van der Waals surface area contributed by atoms with Crippen LogP contribution in [0.4, 0.5) is 4.79 Å². The fourth-order valence-corrected chi connectivity index (χ4v) is 2.19. The van der Waals surface area contributed by atoms with Gasteiger partial charge in [0, 0.05) is 25.7 Å². The number of urea groups is 1. The number of nitrogens with one attached hydrogen (secondary N) is 1. The van der Waals surface area contributed by atoms with Crippen molar-refractivity contribution in [3.05, 3.63) is 59.7 Å². The molecule has 0 saturated heterocycles. The van der Waals surface area contributed by atoms with E-state index in [9.17, 15) is 9.59 Å². The van der Waals surface area contributed by atoms with E-state index in [-0.39, 0.29) is 19.0 Å². The summed E-state index contributed by atoms with van der Waals surface area (Å²) >= 11 is 0. The number of ether oxygens (including phenoxy) is 1. The maximum atomic E-state index is 12.0. The number of carboxylic acid groups (broad SMARTS) is 1. The van der Waals surface area contributed by atoms with Gasteiger partial charge in [0.25, 0.3) is 0 Å². The van der Waals surface area contributed by atoms with Crippen LogP contribution in [0.5, 0.6) is 11.5 Å². The second-order valence-electron chi connectivity index (χ2n) is 5.75. The van der Waals surface area contributed by atoms with Gasteiger partial charge in [-0.1, -0.05) is 30.3 Å². The zero-order valence-corrected chi connectivity index (χ0v) is 14.4. The lowest BCUT2D eigenvalue weighted by molar-refractivity contribution is -0.137. The van der Waals surface area contributed by atoms with Gasteiger partial charge in [-0.2, -0.15) is 0 Å².